The summed E-state index contributed by atoms with van der Waals surface area (Å²) in [4.78, 5) is 63.6. The Labute approximate surface area is 189 Å². The molecule has 10 nitrogen and oxygen atoms in total. The Kier molecular flexibility index (Phi) is 7.39. The van der Waals surface area contributed by atoms with E-state index >= 15 is 0 Å². The number of carbonyl (C=O) groups excluding carboxylic acids is 2. The molecule has 3 aromatic rings. The van der Waals surface area contributed by atoms with Crippen LogP contribution in [0.3, 0.4) is 0 Å². The minimum Gasteiger partial charge on any atom is -0.438 e. The number of hydrogen-bond donors (Lipinski definition) is 1. The maximum absolute atomic E-state index is 13.1. The van der Waals surface area contributed by atoms with Gasteiger partial charge >= 0.3 is 23.3 Å². The van der Waals surface area contributed by atoms with Crippen molar-refractivity contribution in [2.24, 2.45) is 0 Å². The smallest absolute Gasteiger partial charge is 0.343 e. The first-order chi connectivity index (χ1) is 16.1. The third-order valence-electron chi connectivity index (χ3n) is 4.79. The number of esters is 2. The van der Waals surface area contributed by atoms with Crippen molar-refractivity contribution in [1.29, 1.82) is 0 Å². The fourth-order valence-corrected chi connectivity index (χ4v) is 3.36. The second-order valence-electron chi connectivity index (χ2n) is 7.28. The van der Waals surface area contributed by atoms with Crippen molar-refractivity contribution in [3.63, 3.8) is 0 Å². The Balaban J connectivity index is 2.00. The van der Waals surface area contributed by atoms with Gasteiger partial charge in [0.2, 0.25) is 12.1 Å². The SMILES string of the molecule is CC(=O)Oc1ccccc1C(=O)OC(C)n1c(=O)[nH]c2oc(=O)cc(CCCC(F)F)c2c1=O. The van der Waals surface area contributed by atoms with Crippen molar-refractivity contribution >= 4 is 23.0 Å². The Hall–Kier alpha value is -4.09. The minimum absolute atomic E-state index is 0.0216. The maximum atomic E-state index is 13.1. The third kappa shape index (κ3) is 5.45. The lowest BCUT2D eigenvalue weighted by molar-refractivity contribution is -0.131. The average molecular weight is 478 g/mol. The van der Waals surface area contributed by atoms with E-state index in [1.54, 1.807) is 0 Å². The van der Waals surface area contributed by atoms with E-state index in [2.05, 4.69) is 4.98 Å². The molecule has 0 amide bonds. The zero-order valence-electron chi connectivity index (χ0n) is 18.1. The number of benzene rings is 1. The summed E-state index contributed by atoms with van der Waals surface area (Å²) in [6, 6.07) is 6.71. The van der Waals surface area contributed by atoms with Gasteiger partial charge in [-0.1, -0.05) is 12.1 Å². The Bertz CT molecular complexity index is 1410. The molecule has 0 aliphatic carbocycles. The summed E-state index contributed by atoms with van der Waals surface area (Å²) in [5.74, 6) is -1.72. The van der Waals surface area contributed by atoms with Gasteiger partial charge in [0.15, 0.2) is 6.23 Å². The Morgan fingerprint density at radius 2 is 1.88 bits per heavy atom. The highest BCUT2D eigenvalue weighted by atomic mass is 19.3. The van der Waals surface area contributed by atoms with Crippen LogP contribution in [0.1, 0.15) is 48.8 Å². The molecule has 34 heavy (non-hydrogen) atoms. The summed E-state index contributed by atoms with van der Waals surface area (Å²) in [6.07, 6.45) is -4.50. The highest BCUT2D eigenvalue weighted by Gasteiger charge is 2.23. The largest absolute Gasteiger partial charge is 0.438 e. The molecule has 1 N–H and O–H groups in total. The monoisotopic (exact) mass is 478 g/mol. The van der Waals surface area contributed by atoms with E-state index < -0.39 is 53.6 Å². The van der Waals surface area contributed by atoms with Crippen LogP contribution in [-0.2, 0) is 16.0 Å². The number of halogens is 2. The van der Waals surface area contributed by atoms with E-state index in [4.69, 9.17) is 13.9 Å². The molecule has 1 aromatic carbocycles. The molecule has 1 atom stereocenters. The first kappa shape index (κ1) is 24.6. The van der Waals surface area contributed by atoms with Gasteiger partial charge in [-0.15, -0.1) is 0 Å². The number of nitrogens with zero attached hydrogens (tertiary/aromatic N) is 1. The summed E-state index contributed by atoms with van der Waals surface area (Å²) in [6.45, 7) is 2.40. The lowest BCUT2D eigenvalue weighted by atomic mass is 10.1. The van der Waals surface area contributed by atoms with Crippen LogP contribution in [0.25, 0.3) is 11.1 Å². The van der Waals surface area contributed by atoms with Crippen LogP contribution in [0.2, 0.25) is 0 Å². The van der Waals surface area contributed by atoms with Crippen molar-refractivity contribution in [3.05, 3.63) is 72.7 Å². The van der Waals surface area contributed by atoms with Gasteiger partial charge in [0.1, 0.15) is 16.7 Å². The van der Waals surface area contributed by atoms with E-state index in [-0.39, 0.29) is 35.1 Å². The molecule has 0 radical (unpaired) electrons. The molecule has 0 aliphatic rings. The van der Waals surface area contributed by atoms with Gasteiger partial charge in [-0.05, 0) is 37.5 Å². The molecule has 0 spiro atoms. The number of hydrogen-bond acceptors (Lipinski definition) is 8. The van der Waals surface area contributed by atoms with Crippen molar-refractivity contribution in [2.45, 2.75) is 45.8 Å². The molecule has 2 heterocycles. The van der Waals surface area contributed by atoms with Crippen LogP contribution in [0.4, 0.5) is 8.78 Å². The van der Waals surface area contributed by atoms with Crippen molar-refractivity contribution in [1.82, 2.24) is 9.55 Å². The molecule has 0 bridgehead atoms. The van der Waals surface area contributed by atoms with Gasteiger partial charge in [-0.2, -0.15) is 0 Å². The fourth-order valence-electron chi connectivity index (χ4n) is 3.36. The van der Waals surface area contributed by atoms with Crippen LogP contribution in [0.15, 0.2) is 49.1 Å². The fraction of sp³-hybridized carbons (Fsp3) is 0.318. The number of para-hydroxylation sites is 1. The number of nitrogens with one attached hydrogen (secondary N) is 1. The first-order valence-corrected chi connectivity index (χ1v) is 10.2. The number of aryl methyl sites for hydroxylation is 1. The number of fused-ring (bicyclic) bond motifs is 1. The molecular formula is C22H20F2N2O8. The average Bonchev–Trinajstić information content (AvgIpc) is 2.72. The van der Waals surface area contributed by atoms with E-state index in [1.807, 2.05) is 0 Å². The van der Waals surface area contributed by atoms with Crippen LogP contribution in [-0.4, -0.2) is 27.9 Å². The minimum atomic E-state index is -2.56. The highest BCUT2D eigenvalue weighted by molar-refractivity contribution is 5.93. The Morgan fingerprint density at radius 3 is 2.56 bits per heavy atom. The Morgan fingerprint density at radius 1 is 1.18 bits per heavy atom. The second-order valence-corrected chi connectivity index (χ2v) is 7.28. The molecule has 3 rings (SSSR count). The predicted octanol–water partition coefficient (Wildman–Crippen LogP) is 2.53. The summed E-state index contributed by atoms with van der Waals surface area (Å²) < 4.78 is 40.8. The lowest BCUT2D eigenvalue weighted by Crippen LogP contribution is -2.39. The summed E-state index contributed by atoms with van der Waals surface area (Å²) in [5.41, 5.74) is -3.25. The van der Waals surface area contributed by atoms with Crippen molar-refractivity contribution < 1.29 is 32.3 Å². The summed E-state index contributed by atoms with van der Waals surface area (Å²) in [5, 5.41) is -0.198. The van der Waals surface area contributed by atoms with Crippen LogP contribution in [0.5, 0.6) is 5.75 Å². The molecule has 180 valence electrons. The van der Waals surface area contributed by atoms with E-state index in [0.29, 0.717) is 4.57 Å². The second kappa shape index (κ2) is 10.2. The van der Waals surface area contributed by atoms with Crippen LogP contribution < -0.4 is 21.6 Å². The standard InChI is InChI=1S/C22H20F2N2O8/c1-11(32-21(30)14-7-3-4-8-15(14)33-12(2)27)26-20(29)18-13(6-5-9-16(23)24)10-17(28)34-19(18)25-22(26)31/h3-4,7-8,10-11,16H,5-6,9H2,1-2H3,(H,25,31). The summed E-state index contributed by atoms with van der Waals surface area (Å²) >= 11 is 0. The number of rotatable bonds is 8. The number of H-pyrrole nitrogens is 1. The summed E-state index contributed by atoms with van der Waals surface area (Å²) in [7, 11) is 0. The zero-order valence-corrected chi connectivity index (χ0v) is 18.1. The molecule has 0 fully saturated rings. The molecule has 12 heteroatoms. The van der Waals surface area contributed by atoms with Gasteiger partial charge in [0, 0.05) is 19.4 Å². The molecule has 0 saturated heterocycles. The molecular weight excluding hydrogens is 458 g/mol. The van der Waals surface area contributed by atoms with Gasteiger partial charge in [-0.25, -0.2) is 27.7 Å². The number of alkyl halides is 2. The van der Waals surface area contributed by atoms with Gasteiger partial charge in [0.05, 0.1) is 0 Å². The number of ether oxygens (including phenoxy) is 2. The van der Waals surface area contributed by atoms with Gasteiger partial charge < -0.3 is 13.9 Å². The normalized spacial score (nSPS) is 12.0. The van der Waals surface area contributed by atoms with Gasteiger partial charge in [-0.3, -0.25) is 14.6 Å². The molecule has 0 aliphatic heterocycles. The van der Waals surface area contributed by atoms with Crippen molar-refractivity contribution in [2.75, 3.05) is 0 Å². The van der Waals surface area contributed by atoms with Crippen LogP contribution >= 0.6 is 0 Å². The van der Waals surface area contributed by atoms with E-state index in [0.717, 1.165) is 13.0 Å². The maximum Gasteiger partial charge on any atom is 0.343 e. The van der Waals surface area contributed by atoms with Crippen LogP contribution in [0, 0.1) is 0 Å². The number of aromatic amines is 1. The van der Waals surface area contributed by atoms with Crippen molar-refractivity contribution in [3.8, 4) is 5.75 Å². The number of aromatic nitrogens is 2. The number of carbonyl (C=O) groups is 2. The van der Waals surface area contributed by atoms with Gasteiger partial charge in [0.25, 0.3) is 5.56 Å². The highest BCUT2D eigenvalue weighted by Crippen LogP contribution is 2.21. The zero-order chi connectivity index (χ0) is 25.0. The quantitative estimate of drug-likeness (QED) is 0.385. The lowest BCUT2D eigenvalue weighted by Gasteiger charge is -2.17. The topological polar surface area (TPSA) is 138 Å². The third-order valence-corrected chi connectivity index (χ3v) is 4.79. The van der Waals surface area contributed by atoms with E-state index in [1.165, 1.54) is 31.2 Å². The molecule has 0 saturated carbocycles. The van der Waals surface area contributed by atoms with E-state index in [9.17, 15) is 32.8 Å². The molecule has 1 unspecified atom stereocenters. The molecule has 2 aromatic heterocycles. The first-order valence-electron chi connectivity index (χ1n) is 10.2. The predicted molar refractivity (Wildman–Crippen MR) is 114 cm³/mol.